The third-order valence-electron chi connectivity index (χ3n) is 2.59. The fraction of sp³-hybridized carbons (Fsp3) is 0.231. The predicted octanol–water partition coefficient (Wildman–Crippen LogP) is 2.85. The lowest BCUT2D eigenvalue weighted by Crippen LogP contribution is -2.12. The zero-order valence-electron chi connectivity index (χ0n) is 10.1. The molecule has 1 heterocycles. The molecule has 0 bridgehead atoms. The minimum atomic E-state index is -0.153. The lowest BCUT2D eigenvalue weighted by molar-refractivity contribution is 0.102. The standard InChI is InChI=1S/C13H14N2O2/c1-8-4-6-11(7-5-8)13(16)14-12-9(2)15-17-10(12)3/h4-7H,1-3H3,(H,14,16). The lowest BCUT2D eigenvalue weighted by Gasteiger charge is -2.04. The van der Waals surface area contributed by atoms with Gasteiger partial charge in [-0.1, -0.05) is 22.9 Å². The van der Waals surface area contributed by atoms with Crippen LogP contribution in [0.5, 0.6) is 0 Å². The van der Waals surface area contributed by atoms with E-state index in [0.717, 1.165) is 5.56 Å². The SMILES string of the molecule is Cc1ccc(C(=O)Nc2c(C)noc2C)cc1. The van der Waals surface area contributed by atoms with Crippen LogP contribution in [0, 0.1) is 20.8 Å². The van der Waals surface area contributed by atoms with Crippen LogP contribution in [-0.2, 0) is 0 Å². The summed E-state index contributed by atoms with van der Waals surface area (Å²) < 4.78 is 4.99. The number of hydrogen-bond donors (Lipinski definition) is 1. The first-order chi connectivity index (χ1) is 8.08. The van der Waals surface area contributed by atoms with Crippen molar-refractivity contribution >= 4 is 11.6 Å². The van der Waals surface area contributed by atoms with Gasteiger partial charge in [0.05, 0.1) is 0 Å². The Morgan fingerprint density at radius 2 is 1.82 bits per heavy atom. The molecule has 0 saturated carbocycles. The first-order valence-electron chi connectivity index (χ1n) is 5.39. The smallest absolute Gasteiger partial charge is 0.255 e. The zero-order valence-corrected chi connectivity index (χ0v) is 10.1. The van der Waals surface area contributed by atoms with Crippen LogP contribution in [0.15, 0.2) is 28.8 Å². The molecule has 2 rings (SSSR count). The Labute approximate surface area is 99.6 Å². The van der Waals surface area contributed by atoms with Crippen molar-refractivity contribution in [3.8, 4) is 0 Å². The number of rotatable bonds is 2. The maximum Gasteiger partial charge on any atom is 0.255 e. The van der Waals surface area contributed by atoms with E-state index in [-0.39, 0.29) is 5.91 Å². The molecule has 0 saturated heterocycles. The largest absolute Gasteiger partial charge is 0.359 e. The van der Waals surface area contributed by atoms with Crippen LogP contribution in [0.1, 0.15) is 27.4 Å². The van der Waals surface area contributed by atoms with E-state index in [0.29, 0.717) is 22.7 Å². The number of carbonyl (C=O) groups excluding carboxylic acids is 1. The highest BCUT2D eigenvalue weighted by atomic mass is 16.5. The van der Waals surface area contributed by atoms with Crippen LogP contribution in [0.3, 0.4) is 0 Å². The highest BCUT2D eigenvalue weighted by Gasteiger charge is 2.13. The summed E-state index contributed by atoms with van der Waals surface area (Å²) in [6.07, 6.45) is 0. The molecule has 1 N–H and O–H groups in total. The molecule has 2 aromatic rings. The molecule has 0 aliphatic rings. The van der Waals surface area contributed by atoms with Crippen molar-refractivity contribution in [1.29, 1.82) is 0 Å². The highest BCUT2D eigenvalue weighted by Crippen LogP contribution is 2.19. The first kappa shape index (κ1) is 11.4. The van der Waals surface area contributed by atoms with Crippen molar-refractivity contribution in [3.63, 3.8) is 0 Å². The van der Waals surface area contributed by atoms with Crippen molar-refractivity contribution < 1.29 is 9.32 Å². The Balaban J connectivity index is 2.20. The molecule has 0 radical (unpaired) electrons. The van der Waals surface area contributed by atoms with Crippen LogP contribution >= 0.6 is 0 Å². The fourth-order valence-corrected chi connectivity index (χ4v) is 1.55. The van der Waals surface area contributed by atoms with Gasteiger partial charge in [-0.05, 0) is 32.9 Å². The number of aryl methyl sites for hydroxylation is 3. The molecule has 1 amide bonds. The number of nitrogens with one attached hydrogen (secondary N) is 1. The third kappa shape index (κ3) is 2.36. The van der Waals surface area contributed by atoms with E-state index in [9.17, 15) is 4.79 Å². The molecule has 0 atom stereocenters. The minimum absolute atomic E-state index is 0.153. The minimum Gasteiger partial charge on any atom is -0.359 e. The summed E-state index contributed by atoms with van der Waals surface area (Å²) in [5.41, 5.74) is 3.08. The van der Waals surface area contributed by atoms with Crippen LogP contribution in [-0.4, -0.2) is 11.1 Å². The van der Waals surface area contributed by atoms with Gasteiger partial charge in [0.15, 0.2) is 5.76 Å². The van der Waals surface area contributed by atoms with E-state index in [2.05, 4.69) is 10.5 Å². The quantitative estimate of drug-likeness (QED) is 0.863. The van der Waals surface area contributed by atoms with Crippen molar-refractivity contribution in [2.45, 2.75) is 20.8 Å². The van der Waals surface area contributed by atoms with Crippen molar-refractivity contribution in [2.24, 2.45) is 0 Å². The summed E-state index contributed by atoms with van der Waals surface area (Å²) in [5.74, 6) is 0.461. The molecular formula is C13H14N2O2. The van der Waals surface area contributed by atoms with Crippen LogP contribution < -0.4 is 5.32 Å². The zero-order chi connectivity index (χ0) is 12.4. The van der Waals surface area contributed by atoms with Gasteiger partial charge in [-0.15, -0.1) is 0 Å². The summed E-state index contributed by atoms with van der Waals surface area (Å²) in [5, 5.41) is 6.59. The first-order valence-corrected chi connectivity index (χ1v) is 5.39. The van der Waals surface area contributed by atoms with E-state index in [4.69, 9.17) is 4.52 Å². The second-order valence-corrected chi connectivity index (χ2v) is 4.02. The maximum absolute atomic E-state index is 11.9. The van der Waals surface area contributed by atoms with Gasteiger partial charge in [0.1, 0.15) is 11.4 Å². The predicted molar refractivity (Wildman–Crippen MR) is 65.1 cm³/mol. The number of anilines is 1. The molecule has 0 fully saturated rings. The molecule has 88 valence electrons. The van der Waals surface area contributed by atoms with E-state index in [1.165, 1.54) is 0 Å². The Bertz CT molecular complexity index is 522. The molecule has 4 nitrogen and oxygen atoms in total. The second kappa shape index (κ2) is 4.41. The summed E-state index contributed by atoms with van der Waals surface area (Å²) in [4.78, 5) is 11.9. The van der Waals surface area contributed by atoms with Crippen LogP contribution in [0.25, 0.3) is 0 Å². The maximum atomic E-state index is 11.9. The highest BCUT2D eigenvalue weighted by molar-refractivity contribution is 6.04. The Morgan fingerprint density at radius 3 is 2.35 bits per heavy atom. The van der Waals surface area contributed by atoms with Crippen molar-refractivity contribution in [2.75, 3.05) is 5.32 Å². The third-order valence-corrected chi connectivity index (χ3v) is 2.59. The Kier molecular flexibility index (Phi) is 2.95. The summed E-state index contributed by atoms with van der Waals surface area (Å²) in [6, 6.07) is 7.40. The van der Waals surface area contributed by atoms with Crippen molar-refractivity contribution in [3.05, 3.63) is 46.8 Å². The number of benzene rings is 1. The monoisotopic (exact) mass is 230 g/mol. The number of aromatic nitrogens is 1. The molecular weight excluding hydrogens is 216 g/mol. The number of amides is 1. The fourth-order valence-electron chi connectivity index (χ4n) is 1.55. The molecule has 0 aliphatic heterocycles. The van der Waals surface area contributed by atoms with Gasteiger partial charge in [0, 0.05) is 5.56 Å². The van der Waals surface area contributed by atoms with Gasteiger partial charge in [0.2, 0.25) is 0 Å². The molecule has 4 heteroatoms. The Hall–Kier alpha value is -2.10. The topological polar surface area (TPSA) is 55.1 Å². The van der Waals surface area contributed by atoms with Gasteiger partial charge in [-0.2, -0.15) is 0 Å². The average Bonchev–Trinajstić information content (AvgIpc) is 2.61. The second-order valence-electron chi connectivity index (χ2n) is 4.02. The van der Waals surface area contributed by atoms with Gasteiger partial charge in [-0.25, -0.2) is 0 Å². The lowest BCUT2D eigenvalue weighted by atomic mass is 10.1. The number of nitrogens with zero attached hydrogens (tertiary/aromatic N) is 1. The number of hydrogen-bond acceptors (Lipinski definition) is 3. The number of carbonyl (C=O) groups is 1. The molecule has 0 aliphatic carbocycles. The van der Waals surface area contributed by atoms with E-state index in [1.807, 2.05) is 19.1 Å². The van der Waals surface area contributed by atoms with Gasteiger partial charge in [0.25, 0.3) is 5.91 Å². The molecule has 1 aromatic carbocycles. The van der Waals surface area contributed by atoms with Gasteiger partial charge in [-0.3, -0.25) is 4.79 Å². The van der Waals surface area contributed by atoms with E-state index >= 15 is 0 Å². The normalized spacial score (nSPS) is 10.3. The average molecular weight is 230 g/mol. The summed E-state index contributed by atoms with van der Waals surface area (Å²) in [6.45, 7) is 5.54. The summed E-state index contributed by atoms with van der Waals surface area (Å²) >= 11 is 0. The van der Waals surface area contributed by atoms with E-state index < -0.39 is 0 Å². The Morgan fingerprint density at radius 1 is 1.18 bits per heavy atom. The molecule has 1 aromatic heterocycles. The molecule has 0 spiro atoms. The van der Waals surface area contributed by atoms with Gasteiger partial charge >= 0.3 is 0 Å². The van der Waals surface area contributed by atoms with Crippen LogP contribution in [0.4, 0.5) is 5.69 Å². The summed E-state index contributed by atoms with van der Waals surface area (Å²) in [7, 11) is 0. The van der Waals surface area contributed by atoms with Crippen molar-refractivity contribution in [1.82, 2.24) is 5.16 Å². The van der Waals surface area contributed by atoms with Gasteiger partial charge < -0.3 is 9.84 Å². The molecule has 0 unspecified atom stereocenters. The van der Waals surface area contributed by atoms with E-state index in [1.54, 1.807) is 26.0 Å². The molecule has 17 heavy (non-hydrogen) atoms. The van der Waals surface area contributed by atoms with Crippen LogP contribution in [0.2, 0.25) is 0 Å².